The van der Waals surface area contributed by atoms with Crippen LogP contribution in [0.2, 0.25) is 5.02 Å². The van der Waals surface area contributed by atoms with Gasteiger partial charge in [-0.05, 0) is 35.4 Å². The van der Waals surface area contributed by atoms with E-state index in [2.05, 4.69) is 0 Å². The van der Waals surface area contributed by atoms with Crippen LogP contribution in [0.5, 0.6) is 5.75 Å². The minimum absolute atomic E-state index is 0.566. The van der Waals surface area contributed by atoms with Crippen LogP contribution in [0.1, 0.15) is 0 Å². The molecule has 2 rings (SSSR count). The topological polar surface area (TPSA) is 18.5 Å². The number of hydrogen-bond acceptors (Lipinski definition) is 2. The van der Waals surface area contributed by atoms with E-state index in [1.165, 1.54) is 0 Å². The molecule has 0 saturated heterocycles. The van der Waals surface area contributed by atoms with Crippen LogP contribution >= 0.6 is 11.6 Å². The van der Waals surface area contributed by atoms with E-state index >= 15 is 0 Å². The van der Waals surface area contributed by atoms with E-state index in [0.717, 1.165) is 21.9 Å². The third-order valence-corrected chi connectivity index (χ3v) is 2.84. The largest absolute Gasteiger partial charge is 0.491 e. The third-order valence-electron chi connectivity index (χ3n) is 2.59. The highest BCUT2D eigenvalue weighted by Gasteiger charge is 1.99. The molecular formula is C15H15ClO2. The van der Waals surface area contributed by atoms with Gasteiger partial charge in [0.1, 0.15) is 12.4 Å². The smallest absolute Gasteiger partial charge is 0.119 e. The van der Waals surface area contributed by atoms with Gasteiger partial charge in [-0.25, -0.2) is 0 Å². The molecule has 0 heterocycles. The first-order chi connectivity index (χ1) is 8.79. The number of halogens is 1. The SMILES string of the molecule is COCCOc1ccc(-c2ccc(Cl)cc2)cc1. The van der Waals surface area contributed by atoms with Crippen LogP contribution in [-0.2, 0) is 4.74 Å². The van der Waals surface area contributed by atoms with E-state index in [9.17, 15) is 0 Å². The standard InChI is InChI=1S/C15H15ClO2/c1-17-10-11-18-15-8-4-13(5-9-15)12-2-6-14(16)7-3-12/h2-9H,10-11H2,1H3. The van der Waals surface area contributed by atoms with Gasteiger partial charge in [0.2, 0.25) is 0 Å². The first-order valence-electron chi connectivity index (χ1n) is 5.77. The van der Waals surface area contributed by atoms with Gasteiger partial charge in [-0.15, -0.1) is 0 Å². The van der Waals surface area contributed by atoms with Crippen LogP contribution in [0.25, 0.3) is 11.1 Å². The van der Waals surface area contributed by atoms with Crippen molar-refractivity contribution in [3.8, 4) is 16.9 Å². The fourth-order valence-electron chi connectivity index (χ4n) is 1.63. The second-order valence-electron chi connectivity index (χ2n) is 3.87. The van der Waals surface area contributed by atoms with Crippen LogP contribution in [0.15, 0.2) is 48.5 Å². The van der Waals surface area contributed by atoms with Gasteiger partial charge in [0, 0.05) is 12.1 Å². The summed E-state index contributed by atoms with van der Waals surface area (Å²) in [5.41, 5.74) is 2.29. The molecule has 0 bridgehead atoms. The van der Waals surface area contributed by atoms with Gasteiger partial charge < -0.3 is 9.47 Å². The van der Waals surface area contributed by atoms with Crippen molar-refractivity contribution >= 4 is 11.6 Å². The molecule has 0 N–H and O–H groups in total. The molecule has 0 unspecified atom stereocenters. The van der Waals surface area contributed by atoms with Crippen LogP contribution < -0.4 is 4.74 Å². The lowest BCUT2D eigenvalue weighted by molar-refractivity contribution is 0.146. The summed E-state index contributed by atoms with van der Waals surface area (Å²) >= 11 is 5.86. The molecule has 2 aromatic rings. The Morgan fingerprint density at radius 1 is 0.833 bits per heavy atom. The van der Waals surface area contributed by atoms with E-state index in [1.807, 2.05) is 48.5 Å². The molecule has 0 atom stereocenters. The third kappa shape index (κ3) is 3.49. The summed E-state index contributed by atoms with van der Waals surface area (Å²) in [4.78, 5) is 0. The Labute approximate surface area is 112 Å². The number of hydrogen-bond donors (Lipinski definition) is 0. The summed E-state index contributed by atoms with van der Waals surface area (Å²) in [5, 5.41) is 0.748. The Morgan fingerprint density at radius 3 is 1.94 bits per heavy atom. The molecule has 0 aliphatic heterocycles. The van der Waals surface area contributed by atoms with Gasteiger partial charge in [-0.2, -0.15) is 0 Å². The molecule has 0 spiro atoms. The predicted octanol–water partition coefficient (Wildman–Crippen LogP) is 4.03. The molecule has 0 radical (unpaired) electrons. The van der Waals surface area contributed by atoms with Gasteiger partial charge in [-0.1, -0.05) is 35.9 Å². The molecule has 3 heteroatoms. The van der Waals surface area contributed by atoms with Gasteiger partial charge in [0.05, 0.1) is 6.61 Å². The second-order valence-corrected chi connectivity index (χ2v) is 4.31. The zero-order chi connectivity index (χ0) is 12.8. The van der Waals surface area contributed by atoms with Gasteiger partial charge in [-0.3, -0.25) is 0 Å². The average molecular weight is 263 g/mol. The summed E-state index contributed by atoms with van der Waals surface area (Å²) in [6.07, 6.45) is 0. The zero-order valence-electron chi connectivity index (χ0n) is 10.2. The Balaban J connectivity index is 2.05. The highest BCUT2D eigenvalue weighted by molar-refractivity contribution is 6.30. The Hall–Kier alpha value is -1.51. The molecule has 0 amide bonds. The summed E-state index contributed by atoms with van der Waals surface area (Å²) in [6.45, 7) is 1.16. The maximum atomic E-state index is 5.86. The average Bonchev–Trinajstić information content (AvgIpc) is 2.41. The Kier molecular flexibility index (Phi) is 4.62. The predicted molar refractivity (Wildman–Crippen MR) is 74.3 cm³/mol. The van der Waals surface area contributed by atoms with Crippen molar-refractivity contribution < 1.29 is 9.47 Å². The van der Waals surface area contributed by atoms with E-state index in [4.69, 9.17) is 21.1 Å². The quantitative estimate of drug-likeness (QED) is 0.758. The highest BCUT2D eigenvalue weighted by atomic mass is 35.5. The van der Waals surface area contributed by atoms with Crippen molar-refractivity contribution in [2.45, 2.75) is 0 Å². The first-order valence-corrected chi connectivity index (χ1v) is 6.15. The molecule has 2 nitrogen and oxygen atoms in total. The minimum Gasteiger partial charge on any atom is -0.491 e. The molecule has 2 aromatic carbocycles. The number of ether oxygens (including phenoxy) is 2. The van der Waals surface area contributed by atoms with Crippen LogP contribution in [0.4, 0.5) is 0 Å². The van der Waals surface area contributed by atoms with E-state index in [0.29, 0.717) is 13.2 Å². The van der Waals surface area contributed by atoms with Gasteiger partial charge in [0.15, 0.2) is 0 Å². The first kappa shape index (κ1) is 12.9. The lowest BCUT2D eigenvalue weighted by Gasteiger charge is -2.07. The van der Waals surface area contributed by atoms with Crippen molar-refractivity contribution in [1.82, 2.24) is 0 Å². The summed E-state index contributed by atoms with van der Waals surface area (Å²) in [5.74, 6) is 0.852. The van der Waals surface area contributed by atoms with Crippen molar-refractivity contribution in [2.75, 3.05) is 20.3 Å². The number of rotatable bonds is 5. The lowest BCUT2D eigenvalue weighted by Crippen LogP contribution is -2.03. The fraction of sp³-hybridized carbons (Fsp3) is 0.200. The number of methoxy groups -OCH3 is 1. The molecule has 0 aliphatic rings. The molecular weight excluding hydrogens is 248 g/mol. The normalized spacial score (nSPS) is 10.3. The Morgan fingerprint density at radius 2 is 1.39 bits per heavy atom. The molecule has 94 valence electrons. The monoisotopic (exact) mass is 262 g/mol. The maximum absolute atomic E-state index is 5.86. The van der Waals surface area contributed by atoms with E-state index in [-0.39, 0.29) is 0 Å². The second kappa shape index (κ2) is 6.43. The zero-order valence-corrected chi connectivity index (χ0v) is 11.0. The van der Waals surface area contributed by atoms with Crippen molar-refractivity contribution in [3.05, 3.63) is 53.6 Å². The molecule has 0 saturated carbocycles. The van der Waals surface area contributed by atoms with Crippen LogP contribution in [-0.4, -0.2) is 20.3 Å². The van der Waals surface area contributed by atoms with Crippen molar-refractivity contribution in [1.29, 1.82) is 0 Å². The minimum atomic E-state index is 0.566. The van der Waals surface area contributed by atoms with Crippen molar-refractivity contribution in [3.63, 3.8) is 0 Å². The molecule has 18 heavy (non-hydrogen) atoms. The lowest BCUT2D eigenvalue weighted by atomic mass is 10.1. The highest BCUT2D eigenvalue weighted by Crippen LogP contribution is 2.23. The number of benzene rings is 2. The summed E-state index contributed by atoms with van der Waals surface area (Å²) in [6, 6.07) is 15.8. The molecule has 0 aliphatic carbocycles. The van der Waals surface area contributed by atoms with Crippen LogP contribution in [0, 0.1) is 0 Å². The van der Waals surface area contributed by atoms with E-state index in [1.54, 1.807) is 7.11 Å². The Bertz CT molecular complexity index is 477. The van der Waals surface area contributed by atoms with Gasteiger partial charge in [0.25, 0.3) is 0 Å². The summed E-state index contributed by atoms with van der Waals surface area (Å²) < 4.78 is 10.4. The van der Waals surface area contributed by atoms with Crippen molar-refractivity contribution in [2.24, 2.45) is 0 Å². The molecule has 0 aromatic heterocycles. The van der Waals surface area contributed by atoms with E-state index < -0.39 is 0 Å². The van der Waals surface area contributed by atoms with Crippen LogP contribution in [0.3, 0.4) is 0 Å². The molecule has 0 fully saturated rings. The summed E-state index contributed by atoms with van der Waals surface area (Å²) in [7, 11) is 1.66. The van der Waals surface area contributed by atoms with Gasteiger partial charge >= 0.3 is 0 Å². The fourth-order valence-corrected chi connectivity index (χ4v) is 1.75. The maximum Gasteiger partial charge on any atom is 0.119 e.